The zero-order valence-corrected chi connectivity index (χ0v) is 21.2. The number of nitrogens with zero attached hydrogens (tertiary/aromatic N) is 7. The quantitative estimate of drug-likeness (QED) is 0.438. The van der Waals surface area contributed by atoms with E-state index < -0.39 is 0 Å². The van der Waals surface area contributed by atoms with Gasteiger partial charge in [0.05, 0.1) is 41.2 Å². The van der Waals surface area contributed by atoms with Crippen LogP contribution in [0.2, 0.25) is 5.02 Å². The minimum atomic E-state index is -0.0730. The fourth-order valence-corrected chi connectivity index (χ4v) is 5.30. The van der Waals surface area contributed by atoms with Gasteiger partial charge in [0.2, 0.25) is 0 Å². The predicted molar refractivity (Wildman–Crippen MR) is 143 cm³/mol. The van der Waals surface area contributed by atoms with Crippen LogP contribution in [0.3, 0.4) is 0 Å². The normalized spacial score (nSPS) is 15.1. The zero-order valence-electron chi connectivity index (χ0n) is 20.4. The predicted octanol–water partition coefficient (Wildman–Crippen LogP) is 4.38. The van der Waals surface area contributed by atoms with Crippen LogP contribution in [0.5, 0.6) is 0 Å². The van der Waals surface area contributed by atoms with Crippen LogP contribution in [0.1, 0.15) is 25.0 Å². The van der Waals surface area contributed by atoms with Crippen LogP contribution in [0, 0.1) is 5.92 Å². The van der Waals surface area contributed by atoms with Crippen molar-refractivity contribution in [1.82, 2.24) is 24.2 Å². The molecule has 1 aromatic carbocycles. The second-order valence-corrected chi connectivity index (χ2v) is 10.2. The molecule has 0 atom stereocenters. The highest BCUT2D eigenvalue weighted by Gasteiger charge is 2.42. The number of nitrogen functional groups attached to an aromatic ring is 1. The fraction of sp³-hybridized carbons (Fsp3) is 0.308. The molecule has 0 aliphatic carbocycles. The van der Waals surface area contributed by atoms with Crippen molar-refractivity contribution in [2.45, 2.75) is 20.4 Å². The number of pyridine rings is 1. The Morgan fingerprint density at radius 1 is 1.19 bits per heavy atom. The van der Waals surface area contributed by atoms with Gasteiger partial charge in [-0.2, -0.15) is 5.10 Å². The molecule has 0 bridgehead atoms. The number of amides is 2. The number of hydrogen-bond acceptors (Lipinski definition) is 5. The van der Waals surface area contributed by atoms with Gasteiger partial charge in [0.15, 0.2) is 5.82 Å². The SMILES string of the molecule is CC(C)CN1C(=O)N2CCN=C2c2c1nn(Cc1ccnc3ccc(Cl)cc13)c2-c1cc(N)cn1C. The molecule has 0 saturated carbocycles. The van der Waals surface area contributed by atoms with Gasteiger partial charge in [-0.3, -0.25) is 24.5 Å². The summed E-state index contributed by atoms with van der Waals surface area (Å²) >= 11 is 6.34. The summed E-state index contributed by atoms with van der Waals surface area (Å²) in [7, 11) is 1.96. The van der Waals surface area contributed by atoms with E-state index in [2.05, 4.69) is 18.8 Å². The van der Waals surface area contributed by atoms with Gasteiger partial charge in [-0.05, 0) is 41.8 Å². The van der Waals surface area contributed by atoms with E-state index in [9.17, 15) is 4.79 Å². The lowest BCUT2D eigenvalue weighted by Gasteiger charge is -2.33. The van der Waals surface area contributed by atoms with E-state index in [0.29, 0.717) is 48.5 Å². The number of aromatic nitrogens is 4. The molecule has 9 nitrogen and oxygen atoms in total. The first-order chi connectivity index (χ1) is 17.3. The van der Waals surface area contributed by atoms with Crippen molar-refractivity contribution >= 4 is 45.9 Å². The number of urea groups is 1. The van der Waals surface area contributed by atoms with E-state index in [4.69, 9.17) is 27.4 Å². The second-order valence-electron chi connectivity index (χ2n) is 9.75. The van der Waals surface area contributed by atoms with E-state index in [0.717, 1.165) is 33.4 Å². The number of carbonyl (C=O) groups excluding carboxylic acids is 1. The highest BCUT2D eigenvalue weighted by molar-refractivity contribution is 6.31. The van der Waals surface area contributed by atoms with Crippen molar-refractivity contribution in [2.24, 2.45) is 18.0 Å². The van der Waals surface area contributed by atoms with Crippen molar-refractivity contribution < 1.29 is 4.79 Å². The maximum Gasteiger partial charge on any atom is 0.331 e. The molecule has 2 aliphatic heterocycles. The summed E-state index contributed by atoms with van der Waals surface area (Å²) in [6.07, 6.45) is 3.68. The number of fused-ring (bicyclic) bond motifs is 4. The van der Waals surface area contributed by atoms with E-state index in [-0.39, 0.29) is 11.9 Å². The lowest BCUT2D eigenvalue weighted by atomic mass is 10.1. The monoisotopic (exact) mass is 502 g/mol. The minimum absolute atomic E-state index is 0.0730. The number of benzene rings is 1. The van der Waals surface area contributed by atoms with Crippen LogP contribution in [-0.4, -0.2) is 55.7 Å². The number of aliphatic imine (C=N–C) groups is 1. The molecule has 2 amide bonds. The third-order valence-electron chi connectivity index (χ3n) is 6.65. The van der Waals surface area contributed by atoms with E-state index in [1.165, 1.54) is 0 Å². The number of carbonyl (C=O) groups is 1. The van der Waals surface area contributed by atoms with Gasteiger partial charge in [0.1, 0.15) is 5.84 Å². The molecule has 0 radical (unpaired) electrons. The Morgan fingerprint density at radius 3 is 2.78 bits per heavy atom. The highest BCUT2D eigenvalue weighted by Crippen LogP contribution is 2.39. The standard InChI is InChI=1S/C26H27ClN8O/c1-15(2)12-34-25-22(24-30-8-9-33(24)26(34)36)23(21-11-18(28)14-32(21)3)35(31-25)13-16-6-7-29-20-5-4-17(27)10-19(16)20/h4-7,10-11,14-15H,8-9,12-13,28H2,1-3H3. The summed E-state index contributed by atoms with van der Waals surface area (Å²) < 4.78 is 3.95. The van der Waals surface area contributed by atoms with Gasteiger partial charge < -0.3 is 10.3 Å². The first-order valence-electron chi connectivity index (χ1n) is 12.0. The van der Waals surface area contributed by atoms with Gasteiger partial charge in [0, 0.05) is 42.9 Å². The molecule has 0 fully saturated rings. The number of halogens is 1. The number of rotatable bonds is 5. The van der Waals surface area contributed by atoms with Crippen molar-refractivity contribution in [3.63, 3.8) is 0 Å². The Balaban J connectivity index is 1.60. The number of aryl methyl sites for hydroxylation is 1. The highest BCUT2D eigenvalue weighted by atomic mass is 35.5. The zero-order chi connectivity index (χ0) is 25.1. The van der Waals surface area contributed by atoms with Crippen LogP contribution in [0.25, 0.3) is 22.3 Å². The molecule has 0 spiro atoms. The largest absolute Gasteiger partial charge is 0.397 e. The maximum atomic E-state index is 13.5. The molecule has 0 saturated heterocycles. The molecular weight excluding hydrogens is 476 g/mol. The van der Waals surface area contributed by atoms with Crippen molar-refractivity contribution in [3.8, 4) is 11.4 Å². The molecule has 10 heteroatoms. The average molecular weight is 503 g/mol. The summed E-state index contributed by atoms with van der Waals surface area (Å²) in [4.78, 5) is 26.3. The Labute approximate surface area is 213 Å². The van der Waals surface area contributed by atoms with Gasteiger partial charge in [-0.25, -0.2) is 4.79 Å². The Hall–Kier alpha value is -3.85. The topological polar surface area (TPSA) is 97.6 Å². The fourth-order valence-electron chi connectivity index (χ4n) is 5.13. The third-order valence-corrected chi connectivity index (χ3v) is 6.88. The van der Waals surface area contributed by atoms with E-state index in [1.807, 2.05) is 52.8 Å². The summed E-state index contributed by atoms with van der Waals surface area (Å²) in [5.41, 5.74) is 11.4. The molecule has 3 aromatic heterocycles. The van der Waals surface area contributed by atoms with Crippen molar-refractivity contribution in [2.75, 3.05) is 30.3 Å². The van der Waals surface area contributed by atoms with Gasteiger partial charge in [-0.1, -0.05) is 25.4 Å². The minimum Gasteiger partial charge on any atom is -0.397 e. The van der Waals surface area contributed by atoms with Gasteiger partial charge in [-0.15, -0.1) is 0 Å². The smallest absolute Gasteiger partial charge is 0.331 e. The number of nitrogens with two attached hydrogens (primary N) is 1. The molecular formula is C26H27ClN8O. The Morgan fingerprint density at radius 2 is 2.03 bits per heavy atom. The first kappa shape index (κ1) is 22.6. The molecule has 5 heterocycles. The second kappa shape index (κ2) is 8.37. The molecule has 36 heavy (non-hydrogen) atoms. The lowest BCUT2D eigenvalue weighted by Crippen LogP contribution is -2.51. The van der Waals surface area contributed by atoms with E-state index >= 15 is 0 Å². The Kier molecular flexibility index (Phi) is 5.26. The van der Waals surface area contributed by atoms with Crippen molar-refractivity contribution in [3.05, 3.63) is 58.9 Å². The molecule has 2 N–H and O–H groups in total. The number of anilines is 2. The summed E-state index contributed by atoms with van der Waals surface area (Å²) in [6, 6.07) is 9.55. The molecule has 0 unspecified atom stereocenters. The van der Waals surface area contributed by atoms with Crippen LogP contribution < -0.4 is 10.6 Å². The first-order valence-corrected chi connectivity index (χ1v) is 12.4. The molecule has 184 valence electrons. The third kappa shape index (κ3) is 3.53. The van der Waals surface area contributed by atoms with Gasteiger partial charge >= 0.3 is 6.03 Å². The summed E-state index contributed by atoms with van der Waals surface area (Å²) in [5, 5.41) is 6.67. The van der Waals surface area contributed by atoms with Gasteiger partial charge in [0.25, 0.3) is 0 Å². The lowest BCUT2D eigenvalue weighted by molar-refractivity contribution is 0.227. The van der Waals surface area contributed by atoms with Crippen LogP contribution in [0.15, 0.2) is 47.7 Å². The number of amidine groups is 1. The molecule has 4 aromatic rings. The summed E-state index contributed by atoms with van der Waals surface area (Å²) in [6.45, 7) is 6.37. The van der Waals surface area contributed by atoms with Crippen LogP contribution >= 0.6 is 11.6 Å². The number of hydrogen-bond donors (Lipinski definition) is 1. The van der Waals surface area contributed by atoms with Crippen LogP contribution in [-0.2, 0) is 13.6 Å². The maximum absolute atomic E-state index is 13.5. The van der Waals surface area contributed by atoms with E-state index in [1.54, 1.807) is 16.0 Å². The Bertz CT molecular complexity index is 1550. The average Bonchev–Trinajstić information content (AvgIpc) is 3.53. The van der Waals surface area contributed by atoms with Crippen LogP contribution in [0.4, 0.5) is 16.3 Å². The van der Waals surface area contributed by atoms with Crippen molar-refractivity contribution in [1.29, 1.82) is 0 Å². The summed E-state index contributed by atoms with van der Waals surface area (Å²) in [5.74, 6) is 1.59. The molecule has 6 rings (SSSR count). The molecule has 2 aliphatic rings.